The number of aromatic nitrogens is 1. The highest BCUT2D eigenvalue weighted by Crippen LogP contribution is 2.33. The third kappa shape index (κ3) is 2.27. The fourth-order valence-electron chi connectivity index (χ4n) is 2.68. The van der Waals surface area contributed by atoms with Crippen molar-refractivity contribution in [3.8, 4) is 0 Å². The summed E-state index contributed by atoms with van der Waals surface area (Å²) in [6.07, 6.45) is 4.00. The van der Waals surface area contributed by atoms with Gasteiger partial charge in [0.05, 0.1) is 5.69 Å². The van der Waals surface area contributed by atoms with Crippen molar-refractivity contribution in [2.45, 2.75) is 25.7 Å². The van der Waals surface area contributed by atoms with E-state index in [4.69, 9.17) is 11.6 Å². The molecule has 1 unspecified atom stereocenters. The number of benzene rings is 1. The van der Waals surface area contributed by atoms with Crippen LogP contribution in [0.1, 0.15) is 35.2 Å². The largest absolute Gasteiger partial charge is 0.260 e. The lowest BCUT2D eigenvalue weighted by atomic mass is 9.93. The third-order valence-corrected chi connectivity index (χ3v) is 3.81. The molecule has 2 aromatic rings. The summed E-state index contributed by atoms with van der Waals surface area (Å²) in [5.41, 5.74) is 5.32. The molecule has 1 atom stereocenters. The summed E-state index contributed by atoms with van der Waals surface area (Å²) >= 11 is 6.07. The van der Waals surface area contributed by atoms with Crippen LogP contribution in [0.25, 0.3) is 0 Å². The first-order chi connectivity index (χ1) is 8.25. The highest BCUT2D eigenvalue weighted by molar-refractivity contribution is 7.59. The molecule has 1 nitrogen and oxygen atoms in total. The van der Waals surface area contributed by atoms with Gasteiger partial charge in [0, 0.05) is 17.1 Å². The molecule has 0 spiro atoms. The molecule has 1 heterocycles. The lowest BCUT2D eigenvalue weighted by Gasteiger charge is -2.14. The van der Waals surface area contributed by atoms with Crippen LogP contribution < -0.4 is 0 Å². The average molecular weight is 278 g/mol. The lowest BCUT2D eigenvalue weighted by Crippen LogP contribution is -2.01. The minimum absolute atomic E-state index is 0. The van der Waals surface area contributed by atoms with E-state index >= 15 is 0 Å². The topological polar surface area (TPSA) is 12.9 Å². The Morgan fingerprint density at radius 2 is 1.94 bits per heavy atom. The third-order valence-electron chi connectivity index (χ3n) is 3.57. The van der Waals surface area contributed by atoms with Gasteiger partial charge in [-0.1, -0.05) is 30.7 Å². The molecule has 0 saturated carbocycles. The summed E-state index contributed by atoms with van der Waals surface area (Å²) in [7, 11) is 0. The van der Waals surface area contributed by atoms with Gasteiger partial charge in [-0.15, -0.1) is 0 Å². The molecule has 94 valence electrons. The fourth-order valence-corrected chi connectivity index (χ4v) is 2.88. The molecule has 1 aliphatic carbocycles. The summed E-state index contributed by atoms with van der Waals surface area (Å²) in [6.45, 7) is 2.23. The molecule has 0 N–H and O–H groups in total. The second-order valence-electron chi connectivity index (χ2n) is 4.61. The highest BCUT2D eigenvalue weighted by Gasteiger charge is 2.20. The molecule has 3 heteroatoms. The van der Waals surface area contributed by atoms with Gasteiger partial charge >= 0.3 is 0 Å². The molecule has 1 aliphatic rings. The van der Waals surface area contributed by atoms with Gasteiger partial charge in [0.1, 0.15) is 0 Å². The first-order valence-corrected chi connectivity index (χ1v) is 6.35. The van der Waals surface area contributed by atoms with Crippen molar-refractivity contribution < 1.29 is 0 Å². The van der Waals surface area contributed by atoms with E-state index in [-0.39, 0.29) is 13.5 Å². The molecule has 18 heavy (non-hydrogen) atoms. The van der Waals surface area contributed by atoms with E-state index in [0.29, 0.717) is 5.92 Å². The summed E-state index contributed by atoms with van der Waals surface area (Å²) in [5, 5.41) is 0.829. The number of nitrogens with zero attached hydrogens (tertiary/aromatic N) is 1. The van der Waals surface area contributed by atoms with Gasteiger partial charge < -0.3 is 0 Å². The van der Waals surface area contributed by atoms with Crippen LogP contribution in [0.2, 0.25) is 5.02 Å². The van der Waals surface area contributed by atoms with Crippen LogP contribution in [-0.2, 0) is 12.8 Å². The summed E-state index contributed by atoms with van der Waals surface area (Å²) in [4.78, 5) is 4.55. The van der Waals surface area contributed by atoms with Crippen LogP contribution in [0.3, 0.4) is 0 Å². The standard InChI is InChI=1S/C15H14ClN.H2S/c1-10-14-7-6-13(16)9-12(14)5-4-11-3-2-8-17-15(10)11;/h2-3,6-10H,4-5H2,1H3;1H2. The molecule has 3 rings (SSSR count). The Hall–Kier alpha value is -0.990. The first-order valence-electron chi connectivity index (χ1n) is 5.98. The number of hydrogen-bond donors (Lipinski definition) is 0. The SMILES string of the molecule is CC1c2ccc(Cl)cc2CCc2cccnc21.S. The number of halogens is 1. The molecule has 0 radical (unpaired) electrons. The molecule has 0 saturated heterocycles. The molecule has 1 aromatic carbocycles. The first kappa shape index (κ1) is 13.4. The van der Waals surface area contributed by atoms with E-state index in [0.717, 1.165) is 17.9 Å². The average Bonchev–Trinajstić information content (AvgIpc) is 2.48. The number of hydrogen-bond acceptors (Lipinski definition) is 1. The van der Waals surface area contributed by atoms with Crippen molar-refractivity contribution in [3.63, 3.8) is 0 Å². The molecule has 0 fully saturated rings. The van der Waals surface area contributed by atoms with Gasteiger partial charge in [-0.2, -0.15) is 13.5 Å². The van der Waals surface area contributed by atoms with Crippen LogP contribution in [0.15, 0.2) is 36.5 Å². The van der Waals surface area contributed by atoms with Crippen LogP contribution in [0.4, 0.5) is 0 Å². The van der Waals surface area contributed by atoms with Gasteiger partial charge in [-0.05, 0) is 47.7 Å². The van der Waals surface area contributed by atoms with Crippen LogP contribution in [0, 0.1) is 0 Å². The van der Waals surface area contributed by atoms with Crippen molar-refractivity contribution in [3.05, 3.63) is 63.9 Å². The molecular weight excluding hydrogens is 262 g/mol. The Balaban J connectivity index is 0.00000120. The summed E-state index contributed by atoms with van der Waals surface area (Å²) in [5.74, 6) is 0.362. The van der Waals surface area contributed by atoms with E-state index in [1.807, 2.05) is 18.3 Å². The maximum absolute atomic E-state index is 6.07. The van der Waals surface area contributed by atoms with Crippen LogP contribution in [0.5, 0.6) is 0 Å². The predicted molar refractivity (Wildman–Crippen MR) is 81.0 cm³/mol. The minimum atomic E-state index is 0. The highest BCUT2D eigenvalue weighted by atomic mass is 35.5. The molecular formula is C15H16ClNS. The van der Waals surface area contributed by atoms with Crippen LogP contribution >= 0.6 is 25.1 Å². The quantitative estimate of drug-likeness (QED) is 0.707. The Kier molecular flexibility index (Phi) is 3.98. The number of fused-ring (bicyclic) bond motifs is 2. The lowest BCUT2D eigenvalue weighted by molar-refractivity contribution is 0.860. The zero-order valence-electron chi connectivity index (χ0n) is 10.3. The summed E-state index contributed by atoms with van der Waals surface area (Å²) in [6, 6.07) is 10.4. The monoisotopic (exact) mass is 277 g/mol. The van der Waals surface area contributed by atoms with Crippen molar-refractivity contribution in [1.82, 2.24) is 4.98 Å². The Morgan fingerprint density at radius 3 is 2.78 bits per heavy atom. The van der Waals surface area contributed by atoms with Crippen LogP contribution in [-0.4, -0.2) is 4.98 Å². The van der Waals surface area contributed by atoms with E-state index in [1.165, 1.54) is 22.4 Å². The normalized spacial score (nSPS) is 17.1. The number of pyridine rings is 1. The molecule has 1 aromatic heterocycles. The Labute approximate surface area is 120 Å². The Morgan fingerprint density at radius 1 is 1.17 bits per heavy atom. The van der Waals surface area contributed by atoms with Gasteiger partial charge in [0.15, 0.2) is 0 Å². The van der Waals surface area contributed by atoms with Gasteiger partial charge in [-0.3, -0.25) is 4.98 Å². The van der Waals surface area contributed by atoms with E-state index in [1.54, 1.807) is 0 Å². The smallest absolute Gasteiger partial charge is 0.0507 e. The van der Waals surface area contributed by atoms with Crippen molar-refractivity contribution in [2.75, 3.05) is 0 Å². The van der Waals surface area contributed by atoms with Gasteiger partial charge in [0.25, 0.3) is 0 Å². The van der Waals surface area contributed by atoms with Crippen molar-refractivity contribution in [2.24, 2.45) is 0 Å². The van der Waals surface area contributed by atoms with E-state index < -0.39 is 0 Å². The second-order valence-corrected chi connectivity index (χ2v) is 5.05. The van der Waals surface area contributed by atoms with Crippen molar-refractivity contribution in [1.29, 1.82) is 0 Å². The zero-order valence-corrected chi connectivity index (χ0v) is 12.0. The van der Waals surface area contributed by atoms with E-state index in [9.17, 15) is 0 Å². The summed E-state index contributed by atoms with van der Waals surface area (Å²) < 4.78 is 0. The maximum Gasteiger partial charge on any atom is 0.0507 e. The predicted octanol–water partition coefficient (Wildman–Crippen LogP) is 4.10. The fraction of sp³-hybridized carbons (Fsp3) is 0.267. The zero-order chi connectivity index (χ0) is 11.8. The van der Waals surface area contributed by atoms with Gasteiger partial charge in [-0.25, -0.2) is 0 Å². The van der Waals surface area contributed by atoms with E-state index in [2.05, 4.69) is 30.1 Å². The molecule has 0 aliphatic heterocycles. The maximum atomic E-state index is 6.07. The minimum Gasteiger partial charge on any atom is -0.260 e. The number of aryl methyl sites for hydroxylation is 2. The second kappa shape index (κ2) is 5.33. The Bertz CT molecular complexity index is 568. The van der Waals surface area contributed by atoms with Gasteiger partial charge in [0.2, 0.25) is 0 Å². The van der Waals surface area contributed by atoms with Crippen molar-refractivity contribution >= 4 is 25.1 Å². The molecule has 0 amide bonds. The number of rotatable bonds is 0. The molecule has 0 bridgehead atoms.